The maximum absolute atomic E-state index is 12.8. The number of thiazole rings is 1. The third kappa shape index (κ3) is 5.64. The Morgan fingerprint density at radius 2 is 1.77 bits per heavy atom. The van der Waals surface area contributed by atoms with Crippen LogP contribution in [0.5, 0.6) is 0 Å². The zero-order valence-electron chi connectivity index (χ0n) is 16.9. The fourth-order valence-corrected chi connectivity index (χ4v) is 5.62. The molecule has 0 atom stereocenters. The SMILES string of the molecule is CCN(CC)S(=O)(=O)c1ccc(Cl)c(C(=O)Nc2ncc(Cc3ccc(Cl)cc3)s2)c1. The maximum Gasteiger partial charge on any atom is 0.259 e. The van der Waals surface area contributed by atoms with Crippen molar-refractivity contribution in [3.63, 3.8) is 0 Å². The van der Waals surface area contributed by atoms with Gasteiger partial charge in [-0.15, -0.1) is 11.3 Å². The summed E-state index contributed by atoms with van der Waals surface area (Å²) in [6.07, 6.45) is 2.35. The third-order valence-electron chi connectivity index (χ3n) is 4.59. The Labute approximate surface area is 195 Å². The summed E-state index contributed by atoms with van der Waals surface area (Å²) in [6.45, 7) is 4.18. The van der Waals surface area contributed by atoms with Crippen LogP contribution in [0.3, 0.4) is 0 Å². The Balaban J connectivity index is 1.78. The third-order valence-corrected chi connectivity index (χ3v) is 8.13. The van der Waals surface area contributed by atoms with Crippen LogP contribution in [0.2, 0.25) is 10.0 Å². The highest BCUT2D eigenvalue weighted by Crippen LogP contribution is 2.26. The Morgan fingerprint density at radius 3 is 2.42 bits per heavy atom. The average Bonchev–Trinajstić information content (AvgIpc) is 3.17. The first-order valence-electron chi connectivity index (χ1n) is 9.54. The molecule has 3 rings (SSSR count). The van der Waals surface area contributed by atoms with Gasteiger partial charge in [-0.2, -0.15) is 4.31 Å². The summed E-state index contributed by atoms with van der Waals surface area (Å²) in [6, 6.07) is 11.6. The molecule has 0 spiro atoms. The predicted octanol–water partition coefficient (Wildman–Crippen LogP) is 5.32. The van der Waals surface area contributed by atoms with E-state index in [9.17, 15) is 13.2 Å². The van der Waals surface area contributed by atoms with Crippen LogP contribution >= 0.6 is 34.5 Å². The van der Waals surface area contributed by atoms with Crippen molar-refractivity contribution in [1.82, 2.24) is 9.29 Å². The van der Waals surface area contributed by atoms with Gasteiger partial charge in [0.1, 0.15) is 0 Å². The van der Waals surface area contributed by atoms with Gasteiger partial charge in [0.05, 0.1) is 15.5 Å². The summed E-state index contributed by atoms with van der Waals surface area (Å²) in [4.78, 5) is 18.0. The summed E-state index contributed by atoms with van der Waals surface area (Å²) in [7, 11) is -3.71. The fraction of sp³-hybridized carbons (Fsp3) is 0.238. The number of halogens is 2. The molecule has 6 nitrogen and oxygen atoms in total. The second kappa shape index (κ2) is 10.1. The molecule has 0 unspecified atom stereocenters. The summed E-state index contributed by atoms with van der Waals surface area (Å²) in [5, 5.41) is 3.94. The molecular formula is C21H21Cl2N3O3S2. The van der Waals surface area contributed by atoms with Crippen molar-refractivity contribution >= 4 is 55.6 Å². The number of nitrogens with zero attached hydrogens (tertiary/aromatic N) is 2. The molecule has 0 saturated carbocycles. The summed E-state index contributed by atoms with van der Waals surface area (Å²) in [5.74, 6) is -0.519. The van der Waals surface area contributed by atoms with E-state index in [1.807, 2.05) is 24.3 Å². The van der Waals surface area contributed by atoms with Crippen LogP contribution in [-0.4, -0.2) is 36.7 Å². The number of nitrogens with one attached hydrogen (secondary N) is 1. The van der Waals surface area contributed by atoms with E-state index in [-0.39, 0.29) is 15.5 Å². The van der Waals surface area contributed by atoms with E-state index in [1.165, 1.54) is 33.8 Å². The number of amides is 1. The van der Waals surface area contributed by atoms with Gasteiger partial charge >= 0.3 is 0 Å². The molecule has 31 heavy (non-hydrogen) atoms. The van der Waals surface area contributed by atoms with Crippen molar-refractivity contribution in [2.24, 2.45) is 0 Å². The van der Waals surface area contributed by atoms with Crippen molar-refractivity contribution in [2.45, 2.75) is 25.2 Å². The number of carbonyl (C=O) groups is 1. The fourth-order valence-electron chi connectivity index (χ4n) is 2.97. The Morgan fingerprint density at radius 1 is 1.10 bits per heavy atom. The van der Waals surface area contributed by atoms with Crippen molar-refractivity contribution in [3.05, 3.63) is 74.7 Å². The molecule has 1 heterocycles. The van der Waals surface area contributed by atoms with Crippen LogP contribution in [0.4, 0.5) is 5.13 Å². The lowest BCUT2D eigenvalue weighted by molar-refractivity contribution is 0.102. The molecule has 1 N–H and O–H groups in total. The number of aromatic nitrogens is 1. The first-order chi connectivity index (χ1) is 14.7. The Hall–Kier alpha value is -1.97. The Bertz CT molecular complexity index is 1170. The lowest BCUT2D eigenvalue weighted by Crippen LogP contribution is -2.30. The van der Waals surface area contributed by atoms with Crippen molar-refractivity contribution < 1.29 is 13.2 Å². The monoisotopic (exact) mass is 497 g/mol. The highest BCUT2D eigenvalue weighted by atomic mass is 35.5. The van der Waals surface area contributed by atoms with E-state index in [0.29, 0.717) is 29.7 Å². The van der Waals surface area contributed by atoms with E-state index in [2.05, 4.69) is 10.3 Å². The molecule has 0 saturated heterocycles. The number of benzene rings is 2. The molecule has 0 aliphatic heterocycles. The molecule has 0 aliphatic carbocycles. The highest BCUT2D eigenvalue weighted by Gasteiger charge is 2.24. The number of rotatable bonds is 8. The van der Waals surface area contributed by atoms with Gasteiger partial charge in [0.15, 0.2) is 5.13 Å². The minimum atomic E-state index is -3.71. The van der Waals surface area contributed by atoms with Gasteiger partial charge < -0.3 is 0 Å². The zero-order chi connectivity index (χ0) is 22.6. The Kier molecular flexibility index (Phi) is 7.72. The van der Waals surface area contributed by atoms with E-state index in [0.717, 1.165) is 10.4 Å². The lowest BCUT2D eigenvalue weighted by Gasteiger charge is -2.19. The van der Waals surface area contributed by atoms with Gasteiger partial charge in [-0.3, -0.25) is 10.1 Å². The minimum absolute atomic E-state index is 0.0216. The number of anilines is 1. The number of hydrogen-bond donors (Lipinski definition) is 1. The predicted molar refractivity (Wildman–Crippen MR) is 126 cm³/mol. The standard InChI is InChI=1S/C21H21Cl2N3O3S2/c1-3-26(4-2)31(28,29)17-9-10-19(23)18(12-17)20(27)25-21-24-13-16(30-21)11-14-5-7-15(22)8-6-14/h5-10,12-13H,3-4,11H2,1-2H3,(H,24,25,27). The first kappa shape index (κ1) is 23.7. The van der Waals surface area contributed by atoms with Crippen molar-refractivity contribution in [1.29, 1.82) is 0 Å². The molecule has 1 amide bonds. The van der Waals surface area contributed by atoms with Crippen molar-refractivity contribution in [2.75, 3.05) is 18.4 Å². The molecule has 0 fully saturated rings. The van der Waals surface area contributed by atoms with Gasteiger partial charge in [0, 0.05) is 35.6 Å². The number of sulfonamides is 1. The normalized spacial score (nSPS) is 11.6. The summed E-state index contributed by atoms with van der Waals surface area (Å²) >= 11 is 13.4. The molecule has 0 radical (unpaired) electrons. The van der Waals surface area contributed by atoms with Gasteiger partial charge in [-0.05, 0) is 35.9 Å². The molecule has 3 aromatic rings. The quantitative estimate of drug-likeness (QED) is 0.456. The van der Waals surface area contributed by atoms with E-state index < -0.39 is 15.9 Å². The summed E-state index contributed by atoms with van der Waals surface area (Å²) < 4.78 is 26.9. The average molecular weight is 498 g/mol. The van der Waals surface area contributed by atoms with Crippen LogP contribution in [0, 0.1) is 0 Å². The van der Waals surface area contributed by atoms with Crippen LogP contribution in [0.1, 0.15) is 34.6 Å². The van der Waals surface area contributed by atoms with Crippen LogP contribution in [0.25, 0.3) is 0 Å². The van der Waals surface area contributed by atoms with Crippen molar-refractivity contribution in [3.8, 4) is 0 Å². The molecule has 164 valence electrons. The maximum atomic E-state index is 12.8. The molecular weight excluding hydrogens is 477 g/mol. The molecule has 1 aromatic heterocycles. The molecule has 0 aliphatic rings. The largest absolute Gasteiger partial charge is 0.298 e. The van der Waals surface area contributed by atoms with Crippen LogP contribution < -0.4 is 5.32 Å². The highest BCUT2D eigenvalue weighted by molar-refractivity contribution is 7.89. The topological polar surface area (TPSA) is 79.4 Å². The van der Waals surface area contributed by atoms with E-state index >= 15 is 0 Å². The van der Waals surface area contributed by atoms with E-state index in [4.69, 9.17) is 23.2 Å². The number of carbonyl (C=O) groups excluding carboxylic acids is 1. The van der Waals surface area contributed by atoms with Gasteiger partial charge in [0.25, 0.3) is 5.91 Å². The lowest BCUT2D eigenvalue weighted by atomic mass is 10.1. The molecule has 2 aromatic carbocycles. The zero-order valence-corrected chi connectivity index (χ0v) is 20.1. The van der Waals surface area contributed by atoms with Crippen LogP contribution in [-0.2, 0) is 16.4 Å². The van der Waals surface area contributed by atoms with Crippen LogP contribution in [0.15, 0.2) is 53.6 Å². The molecule has 0 bridgehead atoms. The first-order valence-corrected chi connectivity index (χ1v) is 12.6. The van der Waals surface area contributed by atoms with Gasteiger partial charge in [-0.1, -0.05) is 49.2 Å². The summed E-state index contributed by atoms with van der Waals surface area (Å²) in [5.41, 5.74) is 1.15. The van der Waals surface area contributed by atoms with Gasteiger partial charge in [-0.25, -0.2) is 13.4 Å². The second-order valence-electron chi connectivity index (χ2n) is 6.62. The van der Waals surface area contributed by atoms with Gasteiger partial charge in [0.2, 0.25) is 10.0 Å². The van der Waals surface area contributed by atoms with E-state index in [1.54, 1.807) is 20.0 Å². The minimum Gasteiger partial charge on any atom is -0.298 e. The smallest absolute Gasteiger partial charge is 0.259 e. The second-order valence-corrected chi connectivity index (χ2v) is 10.5. The molecule has 10 heteroatoms. The number of hydrogen-bond acceptors (Lipinski definition) is 5.